The van der Waals surface area contributed by atoms with E-state index in [0.717, 1.165) is 18.4 Å². The first kappa shape index (κ1) is 16.2. The van der Waals surface area contributed by atoms with Crippen LogP contribution in [0, 0.1) is 18.8 Å². The number of nitrogens with one attached hydrogen (secondary N) is 1. The third-order valence-corrected chi connectivity index (χ3v) is 3.33. The Balaban J connectivity index is 2.63. The number of aryl methyl sites for hydroxylation is 1. The van der Waals surface area contributed by atoms with Gasteiger partial charge in [-0.15, -0.1) is 0 Å². The lowest BCUT2D eigenvalue weighted by Gasteiger charge is -2.26. The topological polar surface area (TPSA) is 12.0 Å². The van der Waals surface area contributed by atoms with E-state index in [2.05, 4.69) is 71.1 Å². The standard InChI is InChI=1S/C18H31N/c1-14(2)10-17(13-19-18(4,5)6)12-16-9-7-8-15(3)11-16/h7-9,11,14,17,19H,10,12-13H2,1-6H3. The summed E-state index contributed by atoms with van der Waals surface area (Å²) in [6.07, 6.45) is 2.47. The van der Waals surface area contributed by atoms with E-state index in [4.69, 9.17) is 0 Å². The average molecular weight is 261 g/mol. The van der Waals surface area contributed by atoms with E-state index in [0.29, 0.717) is 0 Å². The zero-order valence-corrected chi connectivity index (χ0v) is 13.6. The van der Waals surface area contributed by atoms with Crippen molar-refractivity contribution in [2.45, 2.75) is 59.9 Å². The highest BCUT2D eigenvalue weighted by molar-refractivity contribution is 5.22. The Labute approximate surface area is 119 Å². The molecule has 108 valence electrons. The molecule has 0 saturated heterocycles. The molecule has 0 radical (unpaired) electrons. The number of benzene rings is 1. The molecule has 0 bridgehead atoms. The maximum Gasteiger partial charge on any atom is 0.00966 e. The van der Waals surface area contributed by atoms with Gasteiger partial charge in [0.1, 0.15) is 0 Å². The summed E-state index contributed by atoms with van der Waals surface area (Å²) in [5.41, 5.74) is 3.05. The molecule has 1 aromatic rings. The van der Waals surface area contributed by atoms with Gasteiger partial charge in [-0.3, -0.25) is 0 Å². The van der Waals surface area contributed by atoms with E-state index in [1.165, 1.54) is 24.0 Å². The maximum absolute atomic E-state index is 3.66. The summed E-state index contributed by atoms with van der Waals surface area (Å²) in [5.74, 6) is 1.48. The van der Waals surface area contributed by atoms with Gasteiger partial charge in [0, 0.05) is 5.54 Å². The largest absolute Gasteiger partial charge is 0.312 e. The third kappa shape index (κ3) is 7.37. The van der Waals surface area contributed by atoms with E-state index in [1.807, 2.05) is 0 Å². The minimum absolute atomic E-state index is 0.210. The Bertz CT molecular complexity index is 374. The molecule has 0 amide bonds. The predicted molar refractivity (Wildman–Crippen MR) is 85.6 cm³/mol. The quantitative estimate of drug-likeness (QED) is 0.790. The van der Waals surface area contributed by atoms with Crippen LogP contribution in [0.4, 0.5) is 0 Å². The molecule has 0 saturated carbocycles. The molecule has 0 fully saturated rings. The van der Waals surface area contributed by atoms with Crippen molar-refractivity contribution in [3.8, 4) is 0 Å². The molecule has 0 aliphatic rings. The number of hydrogen-bond acceptors (Lipinski definition) is 1. The normalized spacial score (nSPS) is 13.8. The molecule has 0 aromatic heterocycles. The molecule has 19 heavy (non-hydrogen) atoms. The summed E-state index contributed by atoms with van der Waals surface area (Å²) in [5, 5.41) is 3.66. The van der Waals surface area contributed by atoms with Crippen LogP contribution in [0.5, 0.6) is 0 Å². The highest BCUT2D eigenvalue weighted by Gasteiger charge is 2.16. The van der Waals surface area contributed by atoms with Gasteiger partial charge in [0.2, 0.25) is 0 Å². The van der Waals surface area contributed by atoms with Crippen molar-refractivity contribution >= 4 is 0 Å². The first-order chi connectivity index (χ1) is 8.76. The van der Waals surface area contributed by atoms with Gasteiger partial charge < -0.3 is 5.32 Å². The molecular weight excluding hydrogens is 230 g/mol. The van der Waals surface area contributed by atoms with Crippen molar-refractivity contribution in [3.05, 3.63) is 35.4 Å². The number of rotatable bonds is 6. The molecule has 1 N–H and O–H groups in total. The molecule has 0 aliphatic heterocycles. The molecule has 0 heterocycles. The smallest absolute Gasteiger partial charge is 0.00966 e. The summed E-state index contributed by atoms with van der Waals surface area (Å²) in [7, 11) is 0. The van der Waals surface area contributed by atoms with Gasteiger partial charge in [-0.05, 0) is 64.5 Å². The lowest BCUT2D eigenvalue weighted by atomic mass is 9.90. The van der Waals surface area contributed by atoms with E-state index in [9.17, 15) is 0 Å². The van der Waals surface area contributed by atoms with E-state index >= 15 is 0 Å². The third-order valence-electron chi connectivity index (χ3n) is 3.33. The van der Waals surface area contributed by atoms with Crippen LogP contribution in [-0.2, 0) is 6.42 Å². The molecule has 1 unspecified atom stereocenters. The van der Waals surface area contributed by atoms with Crippen LogP contribution in [0.1, 0.15) is 52.2 Å². The Hall–Kier alpha value is -0.820. The zero-order valence-electron chi connectivity index (χ0n) is 13.6. The van der Waals surface area contributed by atoms with Crippen molar-refractivity contribution in [2.75, 3.05) is 6.54 Å². The minimum atomic E-state index is 0.210. The van der Waals surface area contributed by atoms with Crippen LogP contribution in [0.15, 0.2) is 24.3 Å². The van der Waals surface area contributed by atoms with E-state index in [-0.39, 0.29) is 5.54 Å². The molecule has 1 nitrogen and oxygen atoms in total. The van der Waals surface area contributed by atoms with Crippen LogP contribution in [0.25, 0.3) is 0 Å². The van der Waals surface area contributed by atoms with Gasteiger partial charge in [-0.2, -0.15) is 0 Å². The SMILES string of the molecule is Cc1cccc(CC(CNC(C)(C)C)CC(C)C)c1. The molecular formula is C18H31N. The van der Waals surface area contributed by atoms with Gasteiger partial charge >= 0.3 is 0 Å². The molecule has 1 atom stereocenters. The van der Waals surface area contributed by atoms with Gasteiger partial charge in [0.05, 0.1) is 0 Å². The van der Waals surface area contributed by atoms with E-state index in [1.54, 1.807) is 0 Å². The second kappa shape index (κ2) is 7.09. The highest BCUT2D eigenvalue weighted by Crippen LogP contribution is 2.18. The first-order valence-corrected chi connectivity index (χ1v) is 7.57. The summed E-state index contributed by atoms with van der Waals surface area (Å²) in [6.45, 7) is 14.6. The fourth-order valence-electron chi connectivity index (χ4n) is 2.53. The molecule has 0 spiro atoms. The minimum Gasteiger partial charge on any atom is -0.312 e. The van der Waals surface area contributed by atoms with Crippen molar-refractivity contribution < 1.29 is 0 Å². The fraction of sp³-hybridized carbons (Fsp3) is 0.667. The van der Waals surface area contributed by atoms with E-state index < -0.39 is 0 Å². The average Bonchev–Trinajstić information content (AvgIpc) is 2.24. The Morgan fingerprint density at radius 3 is 2.37 bits per heavy atom. The van der Waals surface area contributed by atoms with Crippen molar-refractivity contribution in [1.29, 1.82) is 0 Å². The summed E-state index contributed by atoms with van der Waals surface area (Å²) in [6, 6.07) is 8.93. The molecule has 1 heteroatoms. The summed E-state index contributed by atoms with van der Waals surface area (Å²) >= 11 is 0. The van der Waals surface area contributed by atoms with Crippen molar-refractivity contribution in [1.82, 2.24) is 5.32 Å². The predicted octanol–water partition coefficient (Wildman–Crippen LogP) is 4.59. The molecule has 1 aromatic carbocycles. The van der Waals surface area contributed by atoms with Gasteiger partial charge in [-0.1, -0.05) is 43.7 Å². The fourth-order valence-corrected chi connectivity index (χ4v) is 2.53. The second-order valence-corrected chi connectivity index (χ2v) is 7.32. The summed E-state index contributed by atoms with van der Waals surface area (Å²) < 4.78 is 0. The number of hydrogen-bond donors (Lipinski definition) is 1. The van der Waals surface area contributed by atoms with Crippen molar-refractivity contribution in [3.63, 3.8) is 0 Å². The van der Waals surface area contributed by atoms with Crippen LogP contribution in [0.2, 0.25) is 0 Å². The van der Waals surface area contributed by atoms with Gasteiger partial charge in [-0.25, -0.2) is 0 Å². The lowest BCUT2D eigenvalue weighted by molar-refractivity contribution is 0.331. The first-order valence-electron chi connectivity index (χ1n) is 7.57. The zero-order chi connectivity index (χ0) is 14.5. The Morgan fingerprint density at radius 1 is 1.16 bits per heavy atom. The molecule has 0 aliphatic carbocycles. The van der Waals surface area contributed by atoms with Gasteiger partial charge in [0.15, 0.2) is 0 Å². The van der Waals surface area contributed by atoms with Crippen molar-refractivity contribution in [2.24, 2.45) is 11.8 Å². The second-order valence-electron chi connectivity index (χ2n) is 7.32. The monoisotopic (exact) mass is 261 g/mol. The van der Waals surface area contributed by atoms with Crippen LogP contribution in [-0.4, -0.2) is 12.1 Å². The summed E-state index contributed by atoms with van der Waals surface area (Å²) in [4.78, 5) is 0. The van der Waals surface area contributed by atoms with Gasteiger partial charge in [0.25, 0.3) is 0 Å². The maximum atomic E-state index is 3.66. The molecule has 1 rings (SSSR count). The Morgan fingerprint density at radius 2 is 1.84 bits per heavy atom. The Kier molecular flexibility index (Phi) is 6.06. The van der Waals surface area contributed by atoms with Crippen LogP contribution >= 0.6 is 0 Å². The highest BCUT2D eigenvalue weighted by atomic mass is 14.9. The van der Waals surface area contributed by atoms with Crippen LogP contribution < -0.4 is 5.32 Å². The van der Waals surface area contributed by atoms with Crippen LogP contribution in [0.3, 0.4) is 0 Å². The lowest BCUT2D eigenvalue weighted by Crippen LogP contribution is -2.39.